The molecule has 1 saturated heterocycles. The molecule has 0 unspecified atom stereocenters. The Hall–Kier alpha value is -2.50. The first-order valence-electron chi connectivity index (χ1n) is 7.70. The van der Waals surface area contributed by atoms with Crippen LogP contribution in [0.2, 0.25) is 0 Å². The number of methoxy groups -OCH3 is 1. The van der Waals surface area contributed by atoms with Crippen molar-refractivity contribution in [2.45, 2.75) is 19.1 Å². The van der Waals surface area contributed by atoms with Crippen LogP contribution in [0.15, 0.2) is 23.4 Å². The van der Waals surface area contributed by atoms with Gasteiger partial charge in [0.1, 0.15) is 6.54 Å². The highest BCUT2D eigenvalue weighted by Crippen LogP contribution is 2.29. The van der Waals surface area contributed by atoms with Crippen molar-refractivity contribution < 1.29 is 37.0 Å². The SMILES string of the molecule is COC(=O)/C=C1/SCC(=O)N1CCCOC(=O)Cn1ccc(C(F)(F)F)n1. The molecule has 1 aromatic rings. The zero-order valence-electron chi connectivity index (χ0n) is 14.2. The van der Waals surface area contributed by atoms with E-state index in [1.807, 2.05) is 0 Å². The molecule has 1 aromatic heterocycles. The van der Waals surface area contributed by atoms with Crippen molar-refractivity contribution in [3.8, 4) is 0 Å². The fraction of sp³-hybridized carbons (Fsp3) is 0.467. The van der Waals surface area contributed by atoms with Crippen molar-refractivity contribution in [3.05, 3.63) is 29.1 Å². The maximum absolute atomic E-state index is 12.4. The Kier molecular flexibility index (Phi) is 6.88. The third-order valence-electron chi connectivity index (χ3n) is 3.36. The lowest BCUT2D eigenvalue weighted by Gasteiger charge is -2.16. The highest BCUT2D eigenvalue weighted by molar-refractivity contribution is 8.04. The van der Waals surface area contributed by atoms with E-state index in [4.69, 9.17) is 4.74 Å². The van der Waals surface area contributed by atoms with Gasteiger partial charge >= 0.3 is 18.1 Å². The van der Waals surface area contributed by atoms with Gasteiger partial charge in [-0.2, -0.15) is 18.3 Å². The minimum absolute atomic E-state index is 0.0355. The summed E-state index contributed by atoms with van der Waals surface area (Å²) >= 11 is 1.20. The molecule has 2 heterocycles. The minimum Gasteiger partial charge on any atom is -0.466 e. The van der Waals surface area contributed by atoms with Crippen molar-refractivity contribution in [1.82, 2.24) is 14.7 Å². The zero-order valence-corrected chi connectivity index (χ0v) is 15.0. The highest BCUT2D eigenvalue weighted by atomic mass is 32.2. The first kappa shape index (κ1) is 20.8. The highest BCUT2D eigenvalue weighted by Gasteiger charge is 2.33. The fourth-order valence-electron chi connectivity index (χ4n) is 2.12. The van der Waals surface area contributed by atoms with E-state index in [0.29, 0.717) is 11.4 Å². The van der Waals surface area contributed by atoms with Crippen LogP contribution in [0, 0.1) is 0 Å². The lowest BCUT2D eigenvalue weighted by atomic mass is 10.4. The molecule has 27 heavy (non-hydrogen) atoms. The Balaban J connectivity index is 1.76. The lowest BCUT2D eigenvalue weighted by Crippen LogP contribution is -2.27. The molecule has 2 rings (SSSR count). The van der Waals surface area contributed by atoms with Gasteiger partial charge in [0.15, 0.2) is 5.69 Å². The van der Waals surface area contributed by atoms with Crippen LogP contribution in [0.4, 0.5) is 13.2 Å². The van der Waals surface area contributed by atoms with Gasteiger partial charge in [-0.15, -0.1) is 0 Å². The first-order valence-corrected chi connectivity index (χ1v) is 8.68. The van der Waals surface area contributed by atoms with Gasteiger partial charge in [0.05, 0.1) is 30.6 Å². The number of esters is 2. The van der Waals surface area contributed by atoms with Crippen LogP contribution >= 0.6 is 11.8 Å². The van der Waals surface area contributed by atoms with Crippen LogP contribution in [0.5, 0.6) is 0 Å². The molecule has 8 nitrogen and oxygen atoms in total. The van der Waals surface area contributed by atoms with E-state index >= 15 is 0 Å². The molecule has 1 aliphatic heterocycles. The minimum atomic E-state index is -4.58. The summed E-state index contributed by atoms with van der Waals surface area (Å²) in [5.74, 6) is -1.32. The van der Waals surface area contributed by atoms with Crippen molar-refractivity contribution in [2.24, 2.45) is 0 Å². The number of thioether (sulfide) groups is 1. The quantitative estimate of drug-likeness (QED) is 0.384. The third kappa shape index (κ3) is 6.01. The van der Waals surface area contributed by atoms with E-state index in [2.05, 4.69) is 9.84 Å². The number of carbonyl (C=O) groups is 3. The Morgan fingerprint density at radius 1 is 1.41 bits per heavy atom. The molecule has 0 aliphatic carbocycles. The number of rotatable bonds is 7. The number of carbonyl (C=O) groups excluding carboxylic acids is 3. The summed E-state index contributed by atoms with van der Waals surface area (Å²) in [6.07, 6.45) is -2.04. The molecular weight excluding hydrogens is 391 g/mol. The molecule has 0 aromatic carbocycles. The number of hydrogen-bond acceptors (Lipinski definition) is 7. The molecule has 0 N–H and O–H groups in total. The standard InChI is InChI=1S/C15H16F3N3O5S/c1-25-13(23)7-12-21(11(22)9-27-12)4-2-6-26-14(24)8-20-5-3-10(19-20)15(16,17)18/h3,5,7H,2,4,6,8-9H2,1H3/b12-7+. The molecule has 148 valence electrons. The van der Waals surface area contributed by atoms with Gasteiger partial charge in [-0.05, 0) is 12.5 Å². The monoisotopic (exact) mass is 407 g/mol. The average Bonchev–Trinajstić information content (AvgIpc) is 3.19. The molecule has 0 saturated carbocycles. The number of amides is 1. The normalized spacial score (nSPS) is 16.1. The summed E-state index contributed by atoms with van der Waals surface area (Å²) in [4.78, 5) is 36.1. The second-order valence-corrected chi connectivity index (χ2v) is 6.31. The number of alkyl halides is 3. The van der Waals surface area contributed by atoms with E-state index < -0.39 is 30.4 Å². The molecule has 0 radical (unpaired) electrons. The van der Waals surface area contributed by atoms with Crippen molar-refractivity contribution in [1.29, 1.82) is 0 Å². The van der Waals surface area contributed by atoms with Gasteiger partial charge in [0.25, 0.3) is 0 Å². The van der Waals surface area contributed by atoms with Crippen LogP contribution in [-0.4, -0.2) is 58.5 Å². The van der Waals surface area contributed by atoms with Gasteiger partial charge < -0.3 is 14.4 Å². The molecule has 12 heteroatoms. The van der Waals surface area contributed by atoms with Gasteiger partial charge in [0, 0.05) is 12.7 Å². The Bertz CT molecular complexity index is 747. The van der Waals surface area contributed by atoms with E-state index in [0.717, 1.165) is 16.9 Å². The van der Waals surface area contributed by atoms with Gasteiger partial charge in [-0.3, -0.25) is 14.3 Å². The van der Waals surface area contributed by atoms with Gasteiger partial charge in [-0.25, -0.2) is 4.79 Å². The summed E-state index contributed by atoms with van der Waals surface area (Å²) < 4.78 is 47.6. The maximum Gasteiger partial charge on any atom is 0.435 e. The van der Waals surface area contributed by atoms with E-state index in [1.54, 1.807) is 0 Å². The molecule has 1 amide bonds. The average molecular weight is 407 g/mol. The van der Waals surface area contributed by atoms with Crippen LogP contribution in [-0.2, 0) is 36.6 Å². The second-order valence-electron chi connectivity index (χ2n) is 5.31. The van der Waals surface area contributed by atoms with Crippen LogP contribution in [0.1, 0.15) is 12.1 Å². The molecular formula is C15H16F3N3O5S. The predicted octanol–water partition coefficient (Wildman–Crippen LogP) is 1.42. The number of hydrogen-bond donors (Lipinski definition) is 0. The number of nitrogens with zero attached hydrogens (tertiary/aromatic N) is 3. The summed E-state index contributed by atoms with van der Waals surface area (Å²) in [5.41, 5.74) is -1.09. The number of aromatic nitrogens is 2. The summed E-state index contributed by atoms with van der Waals surface area (Å²) in [5, 5.41) is 3.71. The van der Waals surface area contributed by atoms with Gasteiger partial charge in [0.2, 0.25) is 5.91 Å². The van der Waals surface area contributed by atoms with Gasteiger partial charge in [-0.1, -0.05) is 11.8 Å². The number of ether oxygens (including phenoxy) is 2. The van der Waals surface area contributed by atoms with E-state index in [1.165, 1.54) is 29.8 Å². The topological polar surface area (TPSA) is 90.7 Å². The summed E-state index contributed by atoms with van der Waals surface area (Å²) in [6.45, 7) is -0.268. The maximum atomic E-state index is 12.4. The van der Waals surface area contributed by atoms with E-state index in [9.17, 15) is 27.6 Å². The van der Waals surface area contributed by atoms with E-state index in [-0.39, 0.29) is 24.8 Å². The third-order valence-corrected chi connectivity index (χ3v) is 4.39. The predicted molar refractivity (Wildman–Crippen MR) is 87.1 cm³/mol. The van der Waals surface area contributed by atoms with Crippen LogP contribution in [0.3, 0.4) is 0 Å². The molecule has 0 atom stereocenters. The van der Waals surface area contributed by atoms with Crippen molar-refractivity contribution in [3.63, 3.8) is 0 Å². The molecule has 1 aliphatic rings. The van der Waals surface area contributed by atoms with Crippen molar-refractivity contribution in [2.75, 3.05) is 26.0 Å². The smallest absolute Gasteiger partial charge is 0.435 e. The fourth-order valence-corrected chi connectivity index (χ4v) is 3.07. The summed E-state index contributed by atoms with van der Waals surface area (Å²) in [7, 11) is 1.22. The van der Waals surface area contributed by atoms with Crippen LogP contribution in [0.25, 0.3) is 0 Å². The summed E-state index contributed by atoms with van der Waals surface area (Å²) in [6, 6.07) is 0.763. The largest absolute Gasteiger partial charge is 0.466 e. The Morgan fingerprint density at radius 3 is 2.78 bits per heavy atom. The Morgan fingerprint density at radius 2 is 2.15 bits per heavy atom. The van der Waals surface area contributed by atoms with Crippen molar-refractivity contribution >= 4 is 29.6 Å². The molecule has 0 spiro atoms. The number of halogens is 3. The Labute approximate surface area is 156 Å². The first-order chi connectivity index (χ1) is 12.7. The van der Waals surface area contributed by atoms with Crippen LogP contribution < -0.4 is 0 Å². The molecule has 1 fully saturated rings. The lowest BCUT2D eigenvalue weighted by molar-refractivity contribution is -0.146. The second kappa shape index (κ2) is 8.93. The molecule has 0 bridgehead atoms. The zero-order chi connectivity index (χ0) is 20.0.